The van der Waals surface area contributed by atoms with Gasteiger partial charge in [-0.25, -0.2) is 9.97 Å². The molecule has 4 heterocycles. The standard InChI is InChI=1S/C29H35N7O3S/c1-30-25(37)12-5-3-4-11-23(33-26(38)16-20-18-40-29-31-13-8-14-36(20)29)27-32-17-24(34-27)21-15-19-9-6-7-10-22(19)35-28(21)39-2/h6-7,9-10,15,17-18,23H,3-5,8,11-14,16H2,1-2H3,(H,30,37)(H,32,34)(H,33,38). The fourth-order valence-electron chi connectivity index (χ4n) is 4.99. The Labute approximate surface area is 238 Å². The first-order valence-corrected chi connectivity index (χ1v) is 14.6. The maximum atomic E-state index is 13.2. The van der Waals surface area contributed by atoms with Crippen molar-refractivity contribution in [3.63, 3.8) is 0 Å². The van der Waals surface area contributed by atoms with Crippen LogP contribution in [0.25, 0.3) is 22.2 Å². The largest absolute Gasteiger partial charge is 0.480 e. The van der Waals surface area contributed by atoms with E-state index >= 15 is 0 Å². The van der Waals surface area contributed by atoms with E-state index < -0.39 is 0 Å². The number of unbranched alkanes of at least 4 members (excludes halogenated alkanes) is 2. The Bertz CT molecular complexity index is 1430. The quantitative estimate of drug-likeness (QED) is 0.278. The Kier molecular flexibility index (Phi) is 9.00. The van der Waals surface area contributed by atoms with Crippen molar-refractivity contribution >= 4 is 39.6 Å². The number of amidine groups is 1. The van der Waals surface area contributed by atoms with Gasteiger partial charge in [0.15, 0.2) is 5.17 Å². The Balaban J connectivity index is 1.32. The molecule has 0 saturated carbocycles. The van der Waals surface area contributed by atoms with Gasteiger partial charge in [0.2, 0.25) is 17.7 Å². The fraction of sp³-hybridized carbons (Fsp3) is 0.414. The van der Waals surface area contributed by atoms with Crippen LogP contribution in [-0.4, -0.2) is 64.1 Å². The van der Waals surface area contributed by atoms with Gasteiger partial charge in [0.05, 0.1) is 42.5 Å². The predicted molar refractivity (Wildman–Crippen MR) is 158 cm³/mol. The molecule has 0 bridgehead atoms. The maximum absolute atomic E-state index is 13.2. The van der Waals surface area contributed by atoms with Crippen molar-refractivity contribution in [2.45, 2.75) is 51.0 Å². The van der Waals surface area contributed by atoms with Gasteiger partial charge in [-0.1, -0.05) is 42.8 Å². The number of carbonyl (C=O) groups excluding carboxylic acids is 2. The highest BCUT2D eigenvalue weighted by Gasteiger charge is 2.27. The zero-order valence-corrected chi connectivity index (χ0v) is 23.7. The van der Waals surface area contributed by atoms with Crippen LogP contribution in [0.1, 0.15) is 56.8 Å². The summed E-state index contributed by atoms with van der Waals surface area (Å²) in [6.07, 6.45) is 6.76. The Hall–Kier alpha value is -3.86. The smallest absolute Gasteiger partial charge is 0.226 e. The summed E-state index contributed by atoms with van der Waals surface area (Å²) in [5, 5.41) is 9.89. The first-order chi connectivity index (χ1) is 19.6. The zero-order valence-electron chi connectivity index (χ0n) is 22.9. The van der Waals surface area contributed by atoms with Crippen LogP contribution in [0.2, 0.25) is 0 Å². The number of rotatable bonds is 12. The number of benzene rings is 1. The molecular weight excluding hydrogens is 526 g/mol. The minimum Gasteiger partial charge on any atom is -0.480 e. The highest BCUT2D eigenvalue weighted by atomic mass is 32.2. The lowest BCUT2D eigenvalue weighted by atomic mass is 10.1. The second-order valence-corrected chi connectivity index (χ2v) is 10.7. The van der Waals surface area contributed by atoms with Gasteiger partial charge in [-0.05, 0) is 36.8 Å². The van der Waals surface area contributed by atoms with Crippen molar-refractivity contribution in [2.75, 3.05) is 27.2 Å². The van der Waals surface area contributed by atoms with Crippen molar-refractivity contribution < 1.29 is 14.3 Å². The SMILES string of the molecule is CNC(=O)CCCCCC(NC(=O)CC1=CSC2=NCCCN12)c1ncc(-c2cc3ccccc3nc2OC)[nH]1. The van der Waals surface area contributed by atoms with Gasteiger partial charge in [0, 0.05) is 37.6 Å². The topological polar surface area (TPSA) is 125 Å². The van der Waals surface area contributed by atoms with Crippen molar-refractivity contribution in [2.24, 2.45) is 4.99 Å². The molecule has 1 atom stereocenters. The number of aromatic nitrogens is 3. The van der Waals surface area contributed by atoms with E-state index in [0.717, 1.165) is 71.8 Å². The van der Waals surface area contributed by atoms with Crippen molar-refractivity contribution in [1.29, 1.82) is 0 Å². The number of hydrogen-bond donors (Lipinski definition) is 3. The number of amides is 2. The molecule has 2 aliphatic heterocycles. The molecule has 40 heavy (non-hydrogen) atoms. The lowest BCUT2D eigenvalue weighted by molar-refractivity contribution is -0.121. The van der Waals surface area contributed by atoms with Gasteiger partial charge in [-0.15, -0.1) is 0 Å². The molecule has 5 rings (SSSR count). The number of nitrogens with zero attached hydrogens (tertiary/aromatic N) is 4. The molecule has 2 amide bonds. The van der Waals surface area contributed by atoms with Crippen molar-refractivity contribution in [3.05, 3.63) is 53.5 Å². The first kappa shape index (κ1) is 27.7. The molecule has 11 heteroatoms. The fourth-order valence-corrected chi connectivity index (χ4v) is 5.95. The predicted octanol–water partition coefficient (Wildman–Crippen LogP) is 4.53. The summed E-state index contributed by atoms with van der Waals surface area (Å²) in [6.45, 7) is 1.73. The third-order valence-corrected chi connectivity index (χ3v) is 8.07. The number of para-hydroxylation sites is 1. The number of hydrogen-bond acceptors (Lipinski definition) is 8. The Morgan fingerprint density at radius 2 is 2.08 bits per heavy atom. The number of thioether (sulfide) groups is 1. The molecule has 0 fully saturated rings. The average Bonchev–Trinajstić information content (AvgIpc) is 3.63. The summed E-state index contributed by atoms with van der Waals surface area (Å²) >= 11 is 1.59. The maximum Gasteiger partial charge on any atom is 0.226 e. The summed E-state index contributed by atoms with van der Waals surface area (Å²) in [7, 11) is 3.26. The summed E-state index contributed by atoms with van der Waals surface area (Å²) in [5.41, 5.74) is 3.41. The van der Waals surface area contributed by atoms with Gasteiger partial charge in [0.25, 0.3) is 0 Å². The molecule has 3 N–H and O–H groups in total. The lowest BCUT2D eigenvalue weighted by Crippen LogP contribution is -2.34. The number of aromatic amines is 1. The minimum absolute atomic E-state index is 0.0433. The second-order valence-electron chi connectivity index (χ2n) is 9.89. The molecule has 2 aliphatic rings. The normalized spacial score (nSPS) is 15.3. The molecule has 2 aromatic heterocycles. The van der Waals surface area contributed by atoms with Crippen molar-refractivity contribution in [3.8, 4) is 17.1 Å². The molecule has 210 valence electrons. The van der Waals surface area contributed by atoms with Gasteiger partial charge in [-0.3, -0.25) is 14.6 Å². The number of methoxy groups -OCH3 is 1. The van der Waals surface area contributed by atoms with Crippen LogP contribution < -0.4 is 15.4 Å². The number of aliphatic imine (C=N–C) groups is 1. The van der Waals surface area contributed by atoms with Crippen LogP contribution in [0.3, 0.4) is 0 Å². The number of fused-ring (bicyclic) bond motifs is 2. The van der Waals surface area contributed by atoms with Crippen LogP contribution in [0.4, 0.5) is 0 Å². The number of carbonyl (C=O) groups is 2. The number of ether oxygens (including phenoxy) is 1. The number of H-pyrrole nitrogens is 1. The molecule has 0 aliphatic carbocycles. The molecule has 0 saturated heterocycles. The van der Waals surface area contributed by atoms with E-state index in [1.54, 1.807) is 32.1 Å². The summed E-state index contributed by atoms with van der Waals surface area (Å²) in [4.78, 5) is 44.3. The lowest BCUT2D eigenvalue weighted by Gasteiger charge is -2.25. The van der Waals surface area contributed by atoms with Crippen LogP contribution in [0.15, 0.2) is 52.6 Å². The van der Waals surface area contributed by atoms with E-state index in [9.17, 15) is 9.59 Å². The van der Waals surface area contributed by atoms with Crippen molar-refractivity contribution in [1.82, 2.24) is 30.5 Å². The zero-order chi connectivity index (χ0) is 27.9. The van der Waals surface area contributed by atoms with E-state index in [1.807, 2.05) is 35.7 Å². The van der Waals surface area contributed by atoms with Gasteiger partial charge in [0.1, 0.15) is 5.82 Å². The molecule has 1 aromatic carbocycles. The van der Waals surface area contributed by atoms with Gasteiger partial charge in [-0.2, -0.15) is 0 Å². The van der Waals surface area contributed by atoms with Crippen LogP contribution in [0.5, 0.6) is 5.88 Å². The summed E-state index contributed by atoms with van der Waals surface area (Å²) in [5.74, 6) is 1.17. The minimum atomic E-state index is -0.301. The van der Waals surface area contributed by atoms with E-state index in [0.29, 0.717) is 24.5 Å². The number of pyridine rings is 1. The Morgan fingerprint density at radius 3 is 2.92 bits per heavy atom. The Morgan fingerprint density at radius 1 is 1.20 bits per heavy atom. The first-order valence-electron chi connectivity index (χ1n) is 13.7. The third kappa shape index (κ3) is 6.47. The average molecular weight is 562 g/mol. The molecule has 0 radical (unpaired) electrons. The summed E-state index contributed by atoms with van der Waals surface area (Å²) < 4.78 is 5.60. The van der Waals surface area contributed by atoms with E-state index in [-0.39, 0.29) is 24.3 Å². The molecular formula is C29H35N7O3S. The second kappa shape index (κ2) is 13.0. The van der Waals surface area contributed by atoms with E-state index in [1.165, 1.54) is 0 Å². The molecule has 0 spiro atoms. The van der Waals surface area contributed by atoms with Gasteiger partial charge < -0.3 is 25.3 Å². The van der Waals surface area contributed by atoms with Gasteiger partial charge >= 0.3 is 0 Å². The summed E-state index contributed by atoms with van der Waals surface area (Å²) in [6, 6.07) is 9.62. The highest BCUT2D eigenvalue weighted by Crippen LogP contribution is 2.33. The highest BCUT2D eigenvalue weighted by molar-refractivity contribution is 8.16. The van der Waals surface area contributed by atoms with E-state index in [4.69, 9.17) is 4.74 Å². The monoisotopic (exact) mass is 561 g/mol. The van der Waals surface area contributed by atoms with Crippen LogP contribution in [0, 0.1) is 0 Å². The van der Waals surface area contributed by atoms with Crippen LogP contribution in [-0.2, 0) is 9.59 Å². The number of nitrogens with one attached hydrogen (secondary N) is 3. The van der Waals surface area contributed by atoms with E-state index in [2.05, 4.69) is 35.5 Å². The number of imidazole rings is 1. The molecule has 3 aromatic rings. The van der Waals surface area contributed by atoms with Crippen LogP contribution >= 0.6 is 11.8 Å². The molecule has 1 unspecified atom stereocenters. The molecule has 10 nitrogen and oxygen atoms in total. The third-order valence-electron chi connectivity index (χ3n) is 7.12.